The highest BCUT2D eigenvalue weighted by Gasteiger charge is 2.28. The van der Waals surface area contributed by atoms with Gasteiger partial charge in [0.2, 0.25) is 11.8 Å². The lowest BCUT2D eigenvalue weighted by Gasteiger charge is -2.23. The van der Waals surface area contributed by atoms with Crippen LogP contribution in [0, 0.1) is 11.8 Å². The lowest BCUT2D eigenvalue weighted by molar-refractivity contribution is -0.126. The van der Waals surface area contributed by atoms with Gasteiger partial charge in [-0.15, -0.1) is 12.4 Å². The molecule has 2 fully saturated rings. The molecule has 2 rings (SSSR count). The molecule has 98 valence electrons. The number of piperidine rings is 1. The summed E-state index contributed by atoms with van der Waals surface area (Å²) >= 11 is 0. The molecule has 0 saturated carbocycles. The second-order valence-corrected chi connectivity index (χ2v) is 4.66. The summed E-state index contributed by atoms with van der Waals surface area (Å²) in [7, 11) is 0. The maximum absolute atomic E-state index is 11.7. The van der Waals surface area contributed by atoms with Gasteiger partial charge in [0.25, 0.3) is 0 Å². The molecular weight excluding hydrogens is 242 g/mol. The van der Waals surface area contributed by atoms with Crippen molar-refractivity contribution in [2.24, 2.45) is 11.8 Å². The van der Waals surface area contributed by atoms with E-state index in [9.17, 15) is 9.59 Å². The monoisotopic (exact) mass is 261 g/mol. The predicted molar refractivity (Wildman–Crippen MR) is 67.0 cm³/mol. The molecule has 17 heavy (non-hydrogen) atoms. The van der Waals surface area contributed by atoms with Crippen molar-refractivity contribution in [1.82, 2.24) is 16.0 Å². The molecule has 2 aliphatic rings. The van der Waals surface area contributed by atoms with E-state index in [0.29, 0.717) is 18.9 Å². The number of carbonyl (C=O) groups is 2. The summed E-state index contributed by atoms with van der Waals surface area (Å²) in [6.45, 7) is 3.30. The molecule has 2 aliphatic heterocycles. The summed E-state index contributed by atoms with van der Waals surface area (Å²) in [6, 6.07) is 0. The Morgan fingerprint density at radius 3 is 2.82 bits per heavy atom. The first-order valence-corrected chi connectivity index (χ1v) is 6.01. The molecule has 0 aromatic rings. The molecule has 0 spiro atoms. The van der Waals surface area contributed by atoms with Gasteiger partial charge in [-0.1, -0.05) is 0 Å². The van der Waals surface area contributed by atoms with Crippen molar-refractivity contribution < 1.29 is 9.59 Å². The van der Waals surface area contributed by atoms with Crippen molar-refractivity contribution in [3.63, 3.8) is 0 Å². The van der Waals surface area contributed by atoms with Gasteiger partial charge in [-0.2, -0.15) is 0 Å². The van der Waals surface area contributed by atoms with Gasteiger partial charge < -0.3 is 16.0 Å². The molecule has 0 bridgehead atoms. The zero-order chi connectivity index (χ0) is 11.4. The number of hydrogen-bond acceptors (Lipinski definition) is 3. The van der Waals surface area contributed by atoms with Crippen molar-refractivity contribution in [2.45, 2.75) is 19.3 Å². The van der Waals surface area contributed by atoms with E-state index < -0.39 is 0 Å². The Bertz CT molecular complexity index is 280. The Hall–Kier alpha value is -0.810. The Balaban J connectivity index is 0.00000144. The Morgan fingerprint density at radius 2 is 2.24 bits per heavy atom. The van der Waals surface area contributed by atoms with Crippen molar-refractivity contribution in [3.05, 3.63) is 0 Å². The number of hydrogen-bond donors (Lipinski definition) is 3. The average molecular weight is 262 g/mol. The predicted octanol–water partition coefficient (Wildman–Crippen LogP) is -0.340. The van der Waals surface area contributed by atoms with E-state index in [1.165, 1.54) is 12.8 Å². The molecule has 6 heteroatoms. The van der Waals surface area contributed by atoms with Crippen LogP contribution in [0.15, 0.2) is 0 Å². The van der Waals surface area contributed by atoms with E-state index in [1.54, 1.807) is 0 Å². The van der Waals surface area contributed by atoms with Crippen LogP contribution in [0.2, 0.25) is 0 Å². The molecule has 0 aromatic carbocycles. The average Bonchev–Trinajstić information content (AvgIpc) is 2.74. The minimum Gasteiger partial charge on any atom is -0.355 e. The summed E-state index contributed by atoms with van der Waals surface area (Å²) in [6.07, 6.45) is 2.70. The highest BCUT2D eigenvalue weighted by Crippen LogP contribution is 2.11. The minimum atomic E-state index is -0.163. The zero-order valence-corrected chi connectivity index (χ0v) is 10.6. The van der Waals surface area contributed by atoms with Gasteiger partial charge in [0, 0.05) is 19.5 Å². The van der Waals surface area contributed by atoms with Crippen LogP contribution in [0.5, 0.6) is 0 Å². The van der Waals surface area contributed by atoms with E-state index in [4.69, 9.17) is 0 Å². The van der Waals surface area contributed by atoms with E-state index in [0.717, 1.165) is 19.6 Å². The first-order chi connectivity index (χ1) is 7.75. The molecule has 2 unspecified atom stereocenters. The van der Waals surface area contributed by atoms with Crippen molar-refractivity contribution >= 4 is 24.2 Å². The third-order valence-corrected chi connectivity index (χ3v) is 3.31. The largest absolute Gasteiger partial charge is 0.355 e. The first kappa shape index (κ1) is 14.3. The number of halogens is 1. The quantitative estimate of drug-likeness (QED) is 0.651. The zero-order valence-electron chi connectivity index (χ0n) is 9.83. The van der Waals surface area contributed by atoms with Crippen molar-refractivity contribution in [3.8, 4) is 0 Å². The fraction of sp³-hybridized carbons (Fsp3) is 0.818. The van der Waals surface area contributed by atoms with Gasteiger partial charge in [-0.05, 0) is 31.8 Å². The summed E-state index contributed by atoms with van der Waals surface area (Å²) < 4.78 is 0. The summed E-state index contributed by atoms with van der Waals surface area (Å²) in [5, 5.41) is 8.94. The molecule has 0 radical (unpaired) electrons. The van der Waals surface area contributed by atoms with Crippen LogP contribution in [0.25, 0.3) is 0 Å². The van der Waals surface area contributed by atoms with E-state index >= 15 is 0 Å². The highest BCUT2D eigenvalue weighted by atomic mass is 35.5. The van der Waals surface area contributed by atoms with Gasteiger partial charge in [0.1, 0.15) is 0 Å². The SMILES string of the molecule is Cl.O=C1CC(C(=O)NCC2CCCNC2)CN1. The second kappa shape index (κ2) is 6.81. The molecule has 0 aliphatic carbocycles. The van der Waals surface area contributed by atoms with E-state index in [2.05, 4.69) is 16.0 Å². The van der Waals surface area contributed by atoms with Gasteiger partial charge in [-0.25, -0.2) is 0 Å². The van der Waals surface area contributed by atoms with Crippen molar-refractivity contribution in [2.75, 3.05) is 26.2 Å². The van der Waals surface area contributed by atoms with Crippen molar-refractivity contribution in [1.29, 1.82) is 0 Å². The molecule has 0 aromatic heterocycles. The number of amides is 2. The maximum atomic E-state index is 11.7. The second-order valence-electron chi connectivity index (χ2n) is 4.66. The first-order valence-electron chi connectivity index (χ1n) is 6.01. The number of rotatable bonds is 3. The Kier molecular flexibility index (Phi) is 5.71. The van der Waals surface area contributed by atoms with Crippen LogP contribution in [0.4, 0.5) is 0 Å². The number of carbonyl (C=O) groups excluding carboxylic acids is 2. The van der Waals surface area contributed by atoms with E-state index in [1.807, 2.05) is 0 Å². The fourth-order valence-electron chi connectivity index (χ4n) is 2.28. The molecule has 5 nitrogen and oxygen atoms in total. The van der Waals surface area contributed by atoms with Crippen LogP contribution in [-0.2, 0) is 9.59 Å². The van der Waals surface area contributed by atoms with Gasteiger partial charge >= 0.3 is 0 Å². The molecule has 2 heterocycles. The lowest BCUT2D eigenvalue weighted by Crippen LogP contribution is -2.40. The molecule has 3 N–H and O–H groups in total. The van der Waals surface area contributed by atoms with Crippen LogP contribution >= 0.6 is 12.4 Å². The maximum Gasteiger partial charge on any atom is 0.225 e. The van der Waals surface area contributed by atoms with Crippen LogP contribution in [0.1, 0.15) is 19.3 Å². The van der Waals surface area contributed by atoms with Gasteiger partial charge in [0.15, 0.2) is 0 Å². The van der Waals surface area contributed by atoms with Gasteiger partial charge in [0.05, 0.1) is 5.92 Å². The molecular formula is C11H20ClN3O2. The minimum absolute atomic E-state index is 0. The van der Waals surface area contributed by atoms with Gasteiger partial charge in [-0.3, -0.25) is 9.59 Å². The Labute approximate surface area is 108 Å². The standard InChI is InChI=1S/C11H19N3O2.ClH/c15-10-4-9(7-13-10)11(16)14-6-8-2-1-3-12-5-8;/h8-9,12H,1-7H2,(H,13,15)(H,14,16);1H. The summed E-state index contributed by atoms with van der Waals surface area (Å²) in [4.78, 5) is 22.7. The molecule has 2 amide bonds. The summed E-state index contributed by atoms with van der Waals surface area (Å²) in [5.74, 6) is 0.384. The lowest BCUT2D eigenvalue weighted by atomic mass is 9.99. The third-order valence-electron chi connectivity index (χ3n) is 3.31. The van der Waals surface area contributed by atoms with Crippen LogP contribution in [-0.4, -0.2) is 38.0 Å². The Morgan fingerprint density at radius 1 is 1.41 bits per heavy atom. The molecule has 2 atom stereocenters. The number of nitrogens with one attached hydrogen (secondary N) is 3. The normalized spacial score (nSPS) is 28.1. The molecule has 2 saturated heterocycles. The van der Waals surface area contributed by atoms with Crippen LogP contribution < -0.4 is 16.0 Å². The smallest absolute Gasteiger partial charge is 0.225 e. The fourth-order valence-corrected chi connectivity index (χ4v) is 2.28. The summed E-state index contributed by atoms with van der Waals surface area (Å²) in [5.41, 5.74) is 0. The topological polar surface area (TPSA) is 70.2 Å². The third kappa shape index (κ3) is 4.16. The van der Waals surface area contributed by atoms with E-state index in [-0.39, 0.29) is 30.1 Å². The van der Waals surface area contributed by atoms with Crippen LogP contribution in [0.3, 0.4) is 0 Å². The highest BCUT2D eigenvalue weighted by molar-refractivity contribution is 5.89.